The maximum absolute atomic E-state index is 12.6. The van der Waals surface area contributed by atoms with E-state index in [4.69, 9.17) is 0 Å². The molecule has 2 heterocycles. The molecule has 1 aromatic heterocycles. The number of amides is 1. The minimum absolute atomic E-state index is 0.147. The van der Waals surface area contributed by atoms with Gasteiger partial charge in [0.1, 0.15) is 5.82 Å². The Morgan fingerprint density at radius 2 is 1.93 bits per heavy atom. The van der Waals surface area contributed by atoms with E-state index in [1.807, 2.05) is 41.4 Å². The van der Waals surface area contributed by atoms with Gasteiger partial charge < -0.3 is 9.47 Å². The van der Waals surface area contributed by atoms with Crippen molar-refractivity contribution in [2.45, 2.75) is 40.2 Å². The number of carbonyl (C=O) groups excluding carboxylic acids is 1. The number of aromatic nitrogens is 2. The van der Waals surface area contributed by atoms with Crippen LogP contribution in [0.1, 0.15) is 47.7 Å². The van der Waals surface area contributed by atoms with E-state index in [0.717, 1.165) is 49.4 Å². The smallest absolute Gasteiger partial charge is 0.253 e. The highest BCUT2D eigenvalue weighted by Crippen LogP contribution is 2.18. The fourth-order valence-corrected chi connectivity index (χ4v) is 3.62. The van der Waals surface area contributed by atoms with Crippen LogP contribution in [0.15, 0.2) is 54.7 Å². The highest BCUT2D eigenvalue weighted by atomic mass is 16.2. The molecule has 1 aliphatic heterocycles. The van der Waals surface area contributed by atoms with Gasteiger partial charge >= 0.3 is 0 Å². The minimum atomic E-state index is 0.147. The topological polar surface area (TPSA) is 38.1 Å². The van der Waals surface area contributed by atoms with Gasteiger partial charge in [-0.15, -0.1) is 0 Å². The Hall–Kier alpha value is -2.62. The summed E-state index contributed by atoms with van der Waals surface area (Å²) in [6, 6.07) is 16.1. The van der Waals surface area contributed by atoms with Crippen LogP contribution in [0.4, 0.5) is 0 Å². The second-order valence-corrected chi connectivity index (χ2v) is 7.34. The van der Waals surface area contributed by atoms with Crippen LogP contribution in [0.25, 0.3) is 0 Å². The number of hydrogen-bond donors (Lipinski definition) is 0. The molecule has 1 unspecified atom stereocenters. The van der Waals surface area contributed by atoms with Gasteiger partial charge in [0.2, 0.25) is 0 Å². The van der Waals surface area contributed by atoms with Crippen molar-refractivity contribution in [3.8, 4) is 0 Å². The summed E-state index contributed by atoms with van der Waals surface area (Å²) in [6.07, 6.45) is 3.68. The average molecular weight is 364 g/mol. The van der Waals surface area contributed by atoms with Crippen molar-refractivity contribution < 1.29 is 4.79 Å². The Bertz CT molecular complexity index is 837. The first-order chi connectivity index (χ1) is 13.1. The zero-order valence-corrected chi connectivity index (χ0v) is 16.6. The molecular weight excluding hydrogens is 334 g/mol. The van der Waals surface area contributed by atoms with Crippen molar-refractivity contribution in [1.82, 2.24) is 14.5 Å². The van der Waals surface area contributed by atoms with Crippen LogP contribution < -0.4 is 0 Å². The number of carbonyl (C=O) groups is 1. The number of benzene rings is 1. The first-order valence-electron chi connectivity index (χ1n) is 9.81. The van der Waals surface area contributed by atoms with Crippen molar-refractivity contribution in [3.05, 3.63) is 77.4 Å². The summed E-state index contributed by atoms with van der Waals surface area (Å²) in [5.74, 6) is 1.76. The quantitative estimate of drug-likeness (QED) is 0.807. The number of aryl methyl sites for hydroxylation is 1. The zero-order chi connectivity index (χ0) is 19.2. The molecule has 1 amide bonds. The summed E-state index contributed by atoms with van der Waals surface area (Å²) in [4.78, 5) is 19.3. The first-order valence-corrected chi connectivity index (χ1v) is 9.81. The molecule has 4 nitrogen and oxygen atoms in total. The first kappa shape index (κ1) is 19.2. The monoisotopic (exact) mass is 363 g/mol. The molecule has 142 valence electrons. The highest BCUT2D eigenvalue weighted by Gasteiger charge is 2.23. The molecule has 1 aromatic carbocycles. The molecule has 0 saturated carbocycles. The molecule has 1 saturated heterocycles. The summed E-state index contributed by atoms with van der Waals surface area (Å²) in [7, 11) is 0. The van der Waals surface area contributed by atoms with Gasteiger partial charge in [-0.3, -0.25) is 4.79 Å². The molecule has 3 rings (SSSR count). The van der Waals surface area contributed by atoms with E-state index < -0.39 is 0 Å². The maximum atomic E-state index is 12.6. The fraction of sp³-hybridized carbons (Fsp3) is 0.391. The summed E-state index contributed by atoms with van der Waals surface area (Å²) >= 11 is 0. The SMILES string of the molecule is CCn1c(C)cccccnc1Cc1ccc(C(=O)N2CCC(C)C2)cc1. The van der Waals surface area contributed by atoms with Crippen LogP contribution in [-0.4, -0.2) is 33.4 Å². The normalized spacial score (nSPS) is 16.3. The van der Waals surface area contributed by atoms with Crippen LogP contribution in [0, 0.1) is 12.8 Å². The molecule has 0 aliphatic carbocycles. The van der Waals surface area contributed by atoms with E-state index in [1.54, 1.807) is 0 Å². The molecule has 1 aliphatic rings. The van der Waals surface area contributed by atoms with Crippen molar-refractivity contribution in [3.63, 3.8) is 0 Å². The van der Waals surface area contributed by atoms with E-state index >= 15 is 0 Å². The number of nitrogens with zero attached hydrogens (tertiary/aromatic N) is 3. The largest absolute Gasteiger partial charge is 0.338 e. The molecule has 0 radical (unpaired) electrons. The lowest BCUT2D eigenvalue weighted by molar-refractivity contribution is 0.0788. The lowest BCUT2D eigenvalue weighted by Gasteiger charge is -2.16. The van der Waals surface area contributed by atoms with Gasteiger partial charge in [-0.05, 0) is 56.0 Å². The van der Waals surface area contributed by atoms with Gasteiger partial charge in [0.15, 0.2) is 0 Å². The lowest BCUT2D eigenvalue weighted by Crippen LogP contribution is -2.28. The van der Waals surface area contributed by atoms with E-state index in [0.29, 0.717) is 5.92 Å². The Morgan fingerprint density at radius 3 is 2.59 bits per heavy atom. The molecule has 0 spiro atoms. The fourth-order valence-electron chi connectivity index (χ4n) is 3.62. The maximum Gasteiger partial charge on any atom is 0.253 e. The van der Waals surface area contributed by atoms with Gasteiger partial charge in [-0.1, -0.05) is 31.2 Å². The van der Waals surface area contributed by atoms with Gasteiger partial charge in [0, 0.05) is 43.5 Å². The van der Waals surface area contributed by atoms with Crippen molar-refractivity contribution in [2.24, 2.45) is 5.92 Å². The third-order valence-corrected chi connectivity index (χ3v) is 5.20. The standard InChI is InChI=1S/C23H29N3O/c1-4-26-19(3)8-6-5-7-14-24-22(26)16-20-9-11-21(12-10-20)23(27)25-15-13-18(2)17-25/h5-12,14,18H,4,13,15-17H2,1-3H3. The Balaban J connectivity index is 1.82. The number of hydrogen-bond acceptors (Lipinski definition) is 2. The van der Waals surface area contributed by atoms with Crippen LogP contribution >= 0.6 is 0 Å². The summed E-state index contributed by atoms with van der Waals surface area (Å²) in [6.45, 7) is 9.05. The second-order valence-electron chi connectivity index (χ2n) is 7.34. The van der Waals surface area contributed by atoms with Gasteiger partial charge in [0.05, 0.1) is 0 Å². The van der Waals surface area contributed by atoms with Gasteiger partial charge in [-0.25, -0.2) is 4.98 Å². The summed E-state index contributed by atoms with van der Waals surface area (Å²) in [5, 5.41) is 0. The van der Waals surface area contributed by atoms with Crippen molar-refractivity contribution >= 4 is 5.91 Å². The Kier molecular flexibility index (Phi) is 6.28. The van der Waals surface area contributed by atoms with Crippen LogP contribution in [0.5, 0.6) is 0 Å². The van der Waals surface area contributed by atoms with Gasteiger partial charge in [-0.2, -0.15) is 0 Å². The summed E-state index contributed by atoms with van der Waals surface area (Å²) in [5.41, 5.74) is 3.11. The molecule has 27 heavy (non-hydrogen) atoms. The highest BCUT2D eigenvalue weighted by molar-refractivity contribution is 5.94. The molecule has 4 heteroatoms. The molecule has 2 aromatic rings. The van der Waals surface area contributed by atoms with Gasteiger partial charge in [0.25, 0.3) is 5.91 Å². The number of likely N-dealkylation sites (tertiary alicyclic amines) is 1. The molecule has 0 N–H and O–H groups in total. The van der Waals surface area contributed by atoms with Crippen LogP contribution in [0.3, 0.4) is 0 Å². The van der Waals surface area contributed by atoms with E-state index in [1.165, 1.54) is 5.69 Å². The van der Waals surface area contributed by atoms with Crippen molar-refractivity contribution in [2.75, 3.05) is 13.1 Å². The Labute approximate surface area is 162 Å². The lowest BCUT2D eigenvalue weighted by atomic mass is 10.1. The van der Waals surface area contributed by atoms with Crippen molar-refractivity contribution in [1.29, 1.82) is 0 Å². The minimum Gasteiger partial charge on any atom is -0.338 e. The summed E-state index contributed by atoms with van der Waals surface area (Å²) < 4.78 is 2.23. The van der Waals surface area contributed by atoms with E-state index in [9.17, 15) is 4.79 Å². The van der Waals surface area contributed by atoms with Crippen LogP contribution in [0.2, 0.25) is 0 Å². The zero-order valence-electron chi connectivity index (χ0n) is 16.6. The second kappa shape index (κ2) is 8.85. The third kappa shape index (κ3) is 4.76. The molecule has 0 bridgehead atoms. The molecule has 1 atom stereocenters. The predicted octanol–water partition coefficient (Wildman–Crippen LogP) is 4.41. The average Bonchev–Trinajstić information content (AvgIpc) is 3.13. The van der Waals surface area contributed by atoms with E-state index in [2.05, 4.69) is 48.5 Å². The predicted molar refractivity (Wildman–Crippen MR) is 109 cm³/mol. The molecular formula is C23H29N3O. The molecule has 1 fully saturated rings. The van der Waals surface area contributed by atoms with Crippen LogP contribution in [-0.2, 0) is 13.0 Å². The number of rotatable bonds is 4. The van der Waals surface area contributed by atoms with E-state index in [-0.39, 0.29) is 5.91 Å². The Morgan fingerprint density at radius 1 is 1.15 bits per heavy atom. The third-order valence-electron chi connectivity index (χ3n) is 5.20.